The molecule has 2 aromatic rings. The number of rotatable bonds is 5. The molecule has 2 nitrogen and oxygen atoms in total. The van der Waals surface area contributed by atoms with E-state index in [1.807, 2.05) is 0 Å². The van der Waals surface area contributed by atoms with Crippen LogP contribution in [0.15, 0.2) is 30.3 Å². The van der Waals surface area contributed by atoms with Crippen molar-refractivity contribution < 1.29 is 9.68 Å². The molecule has 0 aromatic heterocycles. The molecule has 3 heteroatoms. The lowest BCUT2D eigenvalue weighted by Crippen LogP contribution is -2.20. The molecule has 1 N–H and O–H groups in total. The van der Waals surface area contributed by atoms with Crippen molar-refractivity contribution in [2.45, 2.75) is 53.9 Å². The van der Waals surface area contributed by atoms with Gasteiger partial charge in [-0.1, -0.05) is 47.6 Å². The van der Waals surface area contributed by atoms with Gasteiger partial charge in [0, 0.05) is 16.4 Å². The van der Waals surface area contributed by atoms with E-state index in [-0.39, 0.29) is 5.41 Å². The van der Waals surface area contributed by atoms with Crippen molar-refractivity contribution in [1.29, 1.82) is 0 Å². The van der Waals surface area contributed by atoms with Crippen LogP contribution in [0, 0.1) is 13.8 Å². The maximum atomic E-state index is 11.0. The average molecular weight is 370 g/mol. The Morgan fingerprint density at radius 3 is 2.31 bits per heavy atom. The summed E-state index contributed by atoms with van der Waals surface area (Å²) >= 11 is 0. The highest BCUT2D eigenvalue weighted by atomic mass is 31.1. The summed E-state index contributed by atoms with van der Waals surface area (Å²) in [5, 5.41) is 13.3. The van der Waals surface area contributed by atoms with Crippen LogP contribution in [-0.2, 0) is 5.41 Å². The van der Waals surface area contributed by atoms with Crippen LogP contribution in [0.3, 0.4) is 0 Å². The van der Waals surface area contributed by atoms with E-state index in [1.165, 1.54) is 22.0 Å². The molecule has 2 aromatic carbocycles. The molecule has 140 valence electrons. The van der Waals surface area contributed by atoms with E-state index in [4.69, 9.17) is 0 Å². The van der Waals surface area contributed by atoms with Gasteiger partial charge in [-0.3, -0.25) is 0 Å². The highest BCUT2D eigenvalue weighted by molar-refractivity contribution is 7.56. The lowest BCUT2D eigenvalue weighted by atomic mass is 9.85. The quantitative estimate of drug-likeness (QED) is 0.470. The Kier molecular flexibility index (Phi) is 6.64. The van der Waals surface area contributed by atoms with Gasteiger partial charge >= 0.3 is 0 Å². The molecule has 0 aliphatic carbocycles. The monoisotopic (exact) mass is 370 g/mol. The summed E-state index contributed by atoms with van der Waals surface area (Å²) < 4.78 is 2.32. The molecule has 1 atom stereocenters. The highest BCUT2D eigenvalue weighted by Crippen LogP contribution is 2.33. The largest absolute Gasteiger partial charge is 0.507 e. The molecule has 1 unspecified atom stereocenters. The van der Waals surface area contributed by atoms with Gasteiger partial charge in [0.15, 0.2) is 6.21 Å². The van der Waals surface area contributed by atoms with Crippen LogP contribution in [0.4, 0.5) is 0 Å². The van der Waals surface area contributed by atoms with Crippen LogP contribution in [0.1, 0.15) is 56.9 Å². The third-order valence-electron chi connectivity index (χ3n) is 4.76. The van der Waals surface area contributed by atoms with Crippen LogP contribution < -0.4 is 10.6 Å². The Morgan fingerprint density at radius 1 is 1.08 bits per heavy atom. The van der Waals surface area contributed by atoms with Gasteiger partial charge < -0.3 is 5.11 Å². The predicted molar refractivity (Wildman–Crippen MR) is 117 cm³/mol. The van der Waals surface area contributed by atoms with Gasteiger partial charge in [0.25, 0.3) is 0 Å². The van der Waals surface area contributed by atoms with Crippen LogP contribution in [0.5, 0.6) is 5.75 Å². The zero-order valence-corrected chi connectivity index (χ0v) is 18.3. The van der Waals surface area contributed by atoms with Crippen LogP contribution in [0.25, 0.3) is 0 Å². The molecule has 0 aliphatic rings. The first-order chi connectivity index (χ1) is 12.2. The Balaban J connectivity index is 2.57. The average Bonchev–Trinajstić information content (AvgIpc) is 2.57. The van der Waals surface area contributed by atoms with E-state index in [9.17, 15) is 5.11 Å². The molecular formula is C23H33NOP+. The van der Waals surface area contributed by atoms with Crippen LogP contribution in [0.2, 0.25) is 0 Å². The molecule has 0 radical (unpaired) electrons. The molecule has 0 saturated carbocycles. The second-order valence-corrected chi connectivity index (χ2v) is 9.26. The lowest BCUT2D eigenvalue weighted by Gasteiger charge is -2.23. The fourth-order valence-electron chi connectivity index (χ4n) is 3.15. The van der Waals surface area contributed by atoms with Gasteiger partial charge in [0.05, 0.1) is 0 Å². The maximum absolute atomic E-state index is 11.0. The highest BCUT2D eigenvalue weighted by Gasteiger charge is 2.21. The van der Waals surface area contributed by atoms with Gasteiger partial charge in [-0.15, -0.1) is 0 Å². The Morgan fingerprint density at radius 2 is 1.73 bits per heavy atom. The van der Waals surface area contributed by atoms with E-state index in [1.54, 1.807) is 0 Å². The van der Waals surface area contributed by atoms with Crippen molar-refractivity contribution in [3.05, 3.63) is 52.6 Å². The Hall–Kier alpha value is -1.66. The molecule has 0 bridgehead atoms. The van der Waals surface area contributed by atoms with E-state index in [2.05, 4.69) is 89.6 Å². The zero-order chi connectivity index (χ0) is 19.5. The molecule has 0 saturated heterocycles. The van der Waals surface area contributed by atoms with Crippen molar-refractivity contribution in [2.24, 2.45) is 0 Å². The maximum Gasteiger partial charge on any atom is 0.171 e. The minimum absolute atomic E-state index is 0.0722. The fraction of sp³-hybridized carbons (Fsp3) is 0.435. The summed E-state index contributed by atoms with van der Waals surface area (Å²) in [7, 11) is 0.440. The fourth-order valence-corrected chi connectivity index (χ4v) is 4.55. The molecule has 26 heavy (non-hydrogen) atoms. The van der Waals surface area contributed by atoms with Crippen molar-refractivity contribution >= 4 is 25.4 Å². The number of benzene rings is 2. The van der Waals surface area contributed by atoms with E-state index < -0.39 is 0 Å². The summed E-state index contributed by atoms with van der Waals surface area (Å²) in [6, 6.07) is 10.7. The first kappa shape index (κ1) is 20.6. The minimum Gasteiger partial charge on any atom is -0.507 e. The first-order valence-corrected chi connectivity index (χ1v) is 10.5. The summed E-state index contributed by atoms with van der Waals surface area (Å²) in [4.78, 5) is 0. The van der Waals surface area contributed by atoms with Crippen molar-refractivity contribution in [3.63, 3.8) is 0 Å². The molecule has 0 spiro atoms. The topological polar surface area (TPSA) is 23.2 Å². The molecule has 0 amide bonds. The van der Waals surface area contributed by atoms with Gasteiger partial charge in [-0.2, -0.15) is 0 Å². The van der Waals surface area contributed by atoms with Gasteiger partial charge in [-0.25, -0.2) is 4.58 Å². The summed E-state index contributed by atoms with van der Waals surface area (Å²) in [5.74, 6) is 0.457. The Labute approximate surface area is 160 Å². The lowest BCUT2D eigenvalue weighted by molar-refractivity contribution is -0.515. The number of aryl methyl sites for hydroxylation is 2. The second-order valence-electron chi connectivity index (χ2n) is 7.97. The summed E-state index contributed by atoms with van der Waals surface area (Å²) in [6.07, 6.45) is 2.26. The van der Waals surface area contributed by atoms with Crippen molar-refractivity contribution in [1.82, 2.24) is 0 Å². The van der Waals surface area contributed by atoms with Gasteiger partial charge in [0.2, 0.25) is 0 Å². The van der Waals surface area contributed by atoms with Crippen LogP contribution >= 0.6 is 8.58 Å². The number of aromatic hydroxyl groups is 1. The summed E-state index contributed by atoms with van der Waals surface area (Å²) in [6.45, 7) is 17.1. The third kappa shape index (κ3) is 4.74. The van der Waals surface area contributed by atoms with E-state index in [0.29, 0.717) is 14.3 Å². The zero-order valence-electron chi connectivity index (χ0n) is 17.3. The van der Waals surface area contributed by atoms with Crippen LogP contribution in [-0.4, -0.2) is 29.0 Å². The first-order valence-electron chi connectivity index (χ1n) is 9.47. The van der Waals surface area contributed by atoms with E-state index >= 15 is 0 Å². The predicted octanol–water partition coefficient (Wildman–Crippen LogP) is 4.41. The normalized spacial score (nSPS) is 12.0. The number of hydrogen-bond acceptors (Lipinski definition) is 1. The number of phenols is 1. The standard InChI is InChI=1S/C23H32NOP/c1-8-24(9-2)15-18-12-10-11-17(4)22(18)26-20-14-16(3)13-19(21(20)25)23(5,6)7/h10-15,26H,8-9H2,1-7H3/p+1. The molecule has 2 rings (SSSR count). The second kappa shape index (κ2) is 8.35. The molecule has 0 heterocycles. The smallest absolute Gasteiger partial charge is 0.171 e. The number of hydrogen-bond donors (Lipinski definition) is 1. The van der Waals surface area contributed by atoms with Gasteiger partial charge in [0.1, 0.15) is 18.8 Å². The third-order valence-corrected chi connectivity index (χ3v) is 6.34. The van der Waals surface area contributed by atoms with Crippen molar-refractivity contribution in [2.75, 3.05) is 13.1 Å². The number of nitrogens with zero attached hydrogens (tertiary/aromatic N) is 1. The SMILES string of the molecule is CC[N+](=Cc1cccc(C)c1Pc1cc(C)cc(C(C)(C)C)c1O)CC. The van der Waals surface area contributed by atoms with Gasteiger partial charge in [-0.05, 0) is 61.7 Å². The number of phenolic OH excluding ortho intramolecular Hbond substituents is 1. The van der Waals surface area contributed by atoms with E-state index in [0.717, 1.165) is 24.0 Å². The summed E-state index contributed by atoms with van der Waals surface area (Å²) in [5.41, 5.74) is 4.70. The Bertz CT molecular complexity index is 810. The molecular weight excluding hydrogens is 337 g/mol. The molecule has 0 aliphatic heterocycles. The minimum atomic E-state index is -0.0722. The van der Waals surface area contributed by atoms with Crippen molar-refractivity contribution in [3.8, 4) is 5.75 Å². The molecule has 0 fully saturated rings.